The maximum absolute atomic E-state index is 14.0. The van der Waals surface area contributed by atoms with Crippen molar-refractivity contribution in [3.63, 3.8) is 0 Å². The van der Waals surface area contributed by atoms with Crippen LogP contribution >= 0.6 is 0 Å². The van der Waals surface area contributed by atoms with E-state index in [1.807, 2.05) is 60.7 Å². The number of rotatable bonds is 5. The molecule has 36 heavy (non-hydrogen) atoms. The Morgan fingerprint density at radius 3 is 2.31 bits per heavy atom. The Hall–Kier alpha value is -4.70. The highest BCUT2D eigenvalue weighted by Gasteiger charge is 2.14. The van der Waals surface area contributed by atoms with Crippen LogP contribution in [0.3, 0.4) is 0 Å². The molecule has 0 unspecified atom stereocenters. The number of aromatic hydroxyl groups is 1. The molecular formula is C32H22FNO2. The molecule has 4 heteroatoms. The van der Waals surface area contributed by atoms with E-state index in [1.54, 1.807) is 30.3 Å². The molecule has 0 saturated carbocycles. The van der Waals surface area contributed by atoms with Crippen LogP contribution < -0.4 is 4.74 Å². The fourth-order valence-corrected chi connectivity index (χ4v) is 4.57. The predicted octanol–water partition coefficient (Wildman–Crippen LogP) is 8.15. The van der Waals surface area contributed by atoms with E-state index in [4.69, 9.17) is 9.72 Å². The van der Waals surface area contributed by atoms with Crippen molar-refractivity contribution in [1.29, 1.82) is 0 Å². The second-order valence-corrected chi connectivity index (χ2v) is 8.66. The molecule has 0 fully saturated rings. The molecule has 1 N–H and O–H groups in total. The van der Waals surface area contributed by atoms with Crippen molar-refractivity contribution in [3.8, 4) is 33.9 Å². The number of benzene rings is 5. The first-order valence-corrected chi connectivity index (χ1v) is 11.7. The third-order valence-corrected chi connectivity index (χ3v) is 6.40. The standard InChI is InChI=1S/C32H22FNO2/c33-28-11-5-2-8-23(28)20-36-24-16-13-22(14-17-24)27-19-30(26-10-4-6-12-31(26)35)34-29-18-15-21-7-1-3-9-25(21)32(27)29/h1-19,35H,20H2. The molecule has 6 rings (SSSR count). The lowest BCUT2D eigenvalue weighted by Crippen LogP contribution is -1.98. The number of phenolic OH excluding ortho intramolecular Hbond substituents is 1. The summed E-state index contributed by atoms with van der Waals surface area (Å²) in [6.45, 7) is 0.159. The summed E-state index contributed by atoms with van der Waals surface area (Å²) >= 11 is 0. The number of aromatic nitrogens is 1. The Bertz CT molecular complexity index is 1710. The molecule has 0 aliphatic carbocycles. The van der Waals surface area contributed by atoms with Crippen molar-refractivity contribution in [2.75, 3.05) is 0 Å². The van der Waals surface area contributed by atoms with Gasteiger partial charge in [-0.1, -0.05) is 72.8 Å². The monoisotopic (exact) mass is 471 g/mol. The van der Waals surface area contributed by atoms with Gasteiger partial charge in [-0.05, 0) is 64.4 Å². The van der Waals surface area contributed by atoms with E-state index < -0.39 is 0 Å². The molecule has 0 aliphatic heterocycles. The van der Waals surface area contributed by atoms with Gasteiger partial charge in [0.1, 0.15) is 23.9 Å². The van der Waals surface area contributed by atoms with E-state index in [0.717, 1.165) is 32.8 Å². The molecule has 0 radical (unpaired) electrons. The highest BCUT2D eigenvalue weighted by molar-refractivity contribution is 6.13. The summed E-state index contributed by atoms with van der Waals surface area (Å²) in [6.07, 6.45) is 0. The number of phenols is 1. The second-order valence-electron chi connectivity index (χ2n) is 8.66. The number of pyridine rings is 1. The van der Waals surface area contributed by atoms with Crippen molar-refractivity contribution >= 4 is 21.7 Å². The Morgan fingerprint density at radius 1 is 0.722 bits per heavy atom. The average Bonchev–Trinajstić information content (AvgIpc) is 2.92. The Morgan fingerprint density at radius 2 is 1.47 bits per heavy atom. The van der Waals surface area contributed by atoms with Crippen molar-refractivity contribution in [2.24, 2.45) is 0 Å². The van der Waals surface area contributed by atoms with Gasteiger partial charge >= 0.3 is 0 Å². The van der Waals surface area contributed by atoms with Gasteiger partial charge in [-0.3, -0.25) is 0 Å². The molecule has 0 atom stereocenters. The molecule has 0 bridgehead atoms. The van der Waals surface area contributed by atoms with Crippen LogP contribution in [-0.4, -0.2) is 10.1 Å². The lowest BCUT2D eigenvalue weighted by Gasteiger charge is -2.14. The van der Waals surface area contributed by atoms with Gasteiger partial charge in [0.25, 0.3) is 0 Å². The van der Waals surface area contributed by atoms with Crippen LogP contribution in [0.1, 0.15) is 5.56 Å². The first kappa shape index (κ1) is 21.8. The van der Waals surface area contributed by atoms with Crippen LogP contribution in [0.15, 0.2) is 115 Å². The number of hydrogen-bond acceptors (Lipinski definition) is 3. The van der Waals surface area contributed by atoms with Gasteiger partial charge in [-0.2, -0.15) is 0 Å². The zero-order valence-electron chi connectivity index (χ0n) is 19.4. The number of hydrogen-bond donors (Lipinski definition) is 1. The fraction of sp³-hybridized carbons (Fsp3) is 0.0312. The van der Waals surface area contributed by atoms with Gasteiger partial charge in [-0.15, -0.1) is 0 Å². The molecule has 0 amide bonds. The Balaban J connectivity index is 1.46. The van der Waals surface area contributed by atoms with E-state index >= 15 is 0 Å². The molecule has 0 aliphatic rings. The van der Waals surface area contributed by atoms with Crippen LogP contribution in [0.25, 0.3) is 44.1 Å². The van der Waals surface area contributed by atoms with E-state index in [1.165, 1.54) is 6.07 Å². The normalized spacial score (nSPS) is 11.1. The average molecular weight is 472 g/mol. The fourth-order valence-electron chi connectivity index (χ4n) is 4.57. The summed E-state index contributed by atoms with van der Waals surface area (Å²) in [5.74, 6) is 0.570. The number of ether oxygens (including phenoxy) is 1. The number of para-hydroxylation sites is 1. The summed E-state index contributed by atoms with van der Waals surface area (Å²) in [4.78, 5) is 4.91. The first-order valence-electron chi connectivity index (χ1n) is 11.7. The summed E-state index contributed by atoms with van der Waals surface area (Å²) < 4.78 is 19.8. The molecule has 5 aromatic carbocycles. The first-order chi connectivity index (χ1) is 17.7. The van der Waals surface area contributed by atoms with Gasteiger partial charge in [-0.25, -0.2) is 9.37 Å². The van der Waals surface area contributed by atoms with Gasteiger partial charge in [0.05, 0.1) is 11.2 Å². The maximum Gasteiger partial charge on any atom is 0.129 e. The van der Waals surface area contributed by atoms with Crippen molar-refractivity contribution in [3.05, 3.63) is 127 Å². The minimum atomic E-state index is -0.277. The zero-order chi connectivity index (χ0) is 24.5. The second kappa shape index (κ2) is 9.16. The quantitative estimate of drug-likeness (QED) is 0.258. The number of fused-ring (bicyclic) bond motifs is 3. The van der Waals surface area contributed by atoms with Gasteiger partial charge in [0.2, 0.25) is 0 Å². The Labute approximate surface area is 208 Å². The van der Waals surface area contributed by atoms with Crippen molar-refractivity contribution < 1.29 is 14.2 Å². The highest BCUT2D eigenvalue weighted by atomic mass is 19.1. The summed E-state index contributed by atoms with van der Waals surface area (Å²) in [7, 11) is 0. The topological polar surface area (TPSA) is 42.4 Å². The molecule has 0 spiro atoms. The minimum Gasteiger partial charge on any atom is -0.507 e. The zero-order valence-corrected chi connectivity index (χ0v) is 19.4. The Kier molecular flexibility index (Phi) is 5.55. The smallest absolute Gasteiger partial charge is 0.129 e. The highest BCUT2D eigenvalue weighted by Crippen LogP contribution is 2.38. The lowest BCUT2D eigenvalue weighted by atomic mass is 9.94. The minimum absolute atomic E-state index is 0.159. The van der Waals surface area contributed by atoms with Crippen molar-refractivity contribution in [2.45, 2.75) is 6.61 Å². The number of halogens is 1. The SMILES string of the molecule is Oc1ccccc1-c1cc(-c2ccc(OCc3ccccc3F)cc2)c2c(ccc3ccccc32)n1. The molecule has 1 heterocycles. The van der Waals surface area contributed by atoms with E-state index in [9.17, 15) is 9.50 Å². The molecule has 0 saturated heterocycles. The number of nitrogens with zero attached hydrogens (tertiary/aromatic N) is 1. The van der Waals surface area contributed by atoms with Crippen LogP contribution in [0, 0.1) is 5.82 Å². The van der Waals surface area contributed by atoms with Gasteiger partial charge in [0.15, 0.2) is 0 Å². The summed E-state index contributed by atoms with van der Waals surface area (Å²) in [6, 6.07) is 36.0. The van der Waals surface area contributed by atoms with Crippen LogP contribution in [-0.2, 0) is 6.61 Å². The van der Waals surface area contributed by atoms with E-state index in [-0.39, 0.29) is 18.2 Å². The predicted molar refractivity (Wildman–Crippen MR) is 143 cm³/mol. The van der Waals surface area contributed by atoms with Crippen molar-refractivity contribution in [1.82, 2.24) is 4.98 Å². The van der Waals surface area contributed by atoms with E-state index in [0.29, 0.717) is 22.6 Å². The third-order valence-electron chi connectivity index (χ3n) is 6.40. The molecule has 1 aromatic heterocycles. The van der Waals surface area contributed by atoms with Crippen LogP contribution in [0.2, 0.25) is 0 Å². The van der Waals surface area contributed by atoms with E-state index in [2.05, 4.69) is 18.2 Å². The summed E-state index contributed by atoms with van der Waals surface area (Å²) in [5, 5.41) is 13.8. The molecule has 174 valence electrons. The maximum atomic E-state index is 14.0. The molecule has 3 nitrogen and oxygen atoms in total. The largest absolute Gasteiger partial charge is 0.507 e. The van der Waals surface area contributed by atoms with Gasteiger partial charge < -0.3 is 9.84 Å². The third kappa shape index (κ3) is 4.03. The lowest BCUT2D eigenvalue weighted by molar-refractivity contribution is 0.300. The van der Waals surface area contributed by atoms with Gasteiger partial charge in [0, 0.05) is 16.5 Å². The summed E-state index contributed by atoms with van der Waals surface area (Å²) in [5.41, 5.74) is 4.75. The molecular weight excluding hydrogens is 449 g/mol. The van der Waals surface area contributed by atoms with Crippen LogP contribution in [0.5, 0.6) is 11.5 Å². The molecule has 6 aromatic rings. The van der Waals surface area contributed by atoms with Crippen LogP contribution in [0.4, 0.5) is 4.39 Å².